The summed E-state index contributed by atoms with van der Waals surface area (Å²) in [7, 11) is 0. The van der Waals surface area contributed by atoms with Gasteiger partial charge in [-0.3, -0.25) is 0 Å². The molecule has 0 saturated heterocycles. The van der Waals surface area contributed by atoms with Gasteiger partial charge in [0.15, 0.2) is 0 Å². The van der Waals surface area contributed by atoms with Crippen LogP contribution in [0.5, 0.6) is 5.75 Å². The van der Waals surface area contributed by atoms with Crippen LogP contribution in [0.3, 0.4) is 0 Å². The smallest absolute Gasteiger partial charge is 0.338 e. The van der Waals surface area contributed by atoms with Gasteiger partial charge in [-0.2, -0.15) is 0 Å². The lowest BCUT2D eigenvalue weighted by molar-refractivity contribution is 0.258. The van der Waals surface area contributed by atoms with Crippen LogP contribution in [0.25, 0.3) is 0 Å². The van der Waals surface area contributed by atoms with Crippen molar-refractivity contribution in [2.24, 2.45) is 0 Å². The third kappa shape index (κ3) is 3.89. The Bertz CT molecular complexity index is 326. The molecule has 1 radical (unpaired) electrons. The van der Waals surface area contributed by atoms with Crippen molar-refractivity contribution in [1.82, 2.24) is 5.73 Å². The van der Waals surface area contributed by atoms with E-state index >= 15 is 0 Å². The van der Waals surface area contributed by atoms with Crippen molar-refractivity contribution < 1.29 is 9.53 Å². The van der Waals surface area contributed by atoms with Crippen LogP contribution < -0.4 is 15.8 Å². The van der Waals surface area contributed by atoms with Crippen molar-refractivity contribution in [2.45, 2.75) is 19.8 Å². The summed E-state index contributed by atoms with van der Waals surface area (Å²) < 4.78 is 5.48. The lowest BCUT2D eigenvalue weighted by atomic mass is 10.3. The molecule has 0 atom stereocenters. The highest BCUT2D eigenvalue weighted by atomic mass is 16.5. The Kier molecular flexibility index (Phi) is 4.47. The molecule has 15 heavy (non-hydrogen) atoms. The molecule has 81 valence electrons. The Morgan fingerprint density at radius 3 is 2.87 bits per heavy atom. The number of carbonyl (C=O) groups is 1. The van der Waals surface area contributed by atoms with E-state index in [2.05, 4.69) is 12.2 Å². The van der Waals surface area contributed by atoms with Crippen LogP contribution in [-0.4, -0.2) is 12.6 Å². The number of hydrogen-bond donors (Lipinski definition) is 1. The molecule has 0 saturated carbocycles. The highest BCUT2D eigenvalue weighted by Crippen LogP contribution is 2.23. The lowest BCUT2D eigenvalue weighted by Gasteiger charge is -2.10. The van der Waals surface area contributed by atoms with Gasteiger partial charge in [-0.1, -0.05) is 25.5 Å². The van der Waals surface area contributed by atoms with Crippen LogP contribution >= 0.6 is 0 Å². The number of anilines is 1. The zero-order valence-corrected chi connectivity index (χ0v) is 8.75. The molecule has 0 fully saturated rings. The molecule has 1 rings (SSSR count). The molecule has 4 heteroatoms. The molecule has 0 bridgehead atoms. The topological polar surface area (TPSA) is 62.1 Å². The second-order valence-electron chi connectivity index (χ2n) is 3.15. The predicted octanol–water partition coefficient (Wildman–Crippen LogP) is 2.68. The third-order valence-corrected chi connectivity index (χ3v) is 1.89. The molecule has 0 aliphatic carbocycles. The van der Waals surface area contributed by atoms with Crippen LogP contribution in [0.1, 0.15) is 19.8 Å². The van der Waals surface area contributed by atoms with E-state index in [0.29, 0.717) is 18.0 Å². The van der Waals surface area contributed by atoms with Gasteiger partial charge in [0.25, 0.3) is 0 Å². The van der Waals surface area contributed by atoms with Gasteiger partial charge in [0, 0.05) is 0 Å². The van der Waals surface area contributed by atoms with Gasteiger partial charge in [0.1, 0.15) is 5.75 Å². The molecule has 0 unspecified atom stereocenters. The number of unbranched alkanes of at least 4 members (excludes halogenated alkanes) is 1. The highest BCUT2D eigenvalue weighted by Gasteiger charge is 2.04. The molecule has 0 aliphatic rings. The first kappa shape index (κ1) is 11.4. The largest absolute Gasteiger partial charge is 0.491 e. The molecule has 0 aliphatic heterocycles. The van der Waals surface area contributed by atoms with Gasteiger partial charge in [0.05, 0.1) is 12.3 Å². The summed E-state index contributed by atoms with van der Waals surface area (Å²) >= 11 is 0. The van der Waals surface area contributed by atoms with Crippen molar-refractivity contribution in [2.75, 3.05) is 11.9 Å². The van der Waals surface area contributed by atoms with E-state index in [0.717, 1.165) is 12.8 Å². The zero-order valence-electron chi connectivity index (χ0n) is 8.75. The molecule has 1 aromatic rings. The second-order valence-corrected chi connectivity index (χ2v) is 3.15. The molecule has 0 spiro atoms. The molecular formula is C11H15N2O2. The maximum Gasteiger partial charge on any atom is 0.338 e. The van der Waals surface area contributed by atoms with E-state index in [1.807, 2.05) is 6.07 Å². The highest BCUT2D eigenvalue weighted by molar-refractivity contribution is 5.88. The fourth-order valence-electron chi connectivity index (χ4n) is 1.14. The summed E-state index contributed by atoms with van der Waals surface area (Å²) in [5, 5.41) is 2.40. The van der Waals surface area contributed by atoms with E-state index in [4.69, 9.17) is 10.5 Å². The Morgan fingerprint density at radius 1 is 1.47 bits per heavy atom. The van der Waals surface area contributed by atoms with Crippen LogP contribution in [0.15, 0.2) is 24.3 Å². The Balaban J connectivity index is 2.64. The first-order chi connectivity index (χ1) is 7.24. The minimum atomic E-state index is -0.832. The number of para-hydroxylation sites is 2. The maximum absolute atomic E-state index is 10.6. The molecule has 2 amide bonds. The molecule has 4 nitrogen and oxygen atoms in total. The third-order valence-electron chi connectivity index (χ3n) is 1.89. The standard InChI is InChI=1S/C11H15N2O2/c1-2-3-8-15-10-7-5-4-6-9(10)13-11(12)14/h4-7,12H,2-3,8H2,1H3,(H,13,14). The van der Waals surface area contributed by atoms with Gasteiger partial charge < -0.3 is 10.1 Å². The summed E-state index contributed by atoms with van der Waals surface area (Å²) in [6, 6.07) is 6.29. The van der Waals surface area contributed by atoms with Crippen molar-refractivity contribution in [3.63, 3.8) is 0 Å². The van der Waals surface area contributed by atoms with E-state index in [1.54, 1.807) is 18.2 Å². The number of nitrogens with one attached hydrogen (secondary N) is 2. The molecule has 0 heterocycles. The molecular weight excluding hydrogens is 192 g/mol. The Labute approximate surface area is 89.4 Å². The van der Waals surface area contributed by atoms with Crippen molar-refractivity contribution in [3.8, 4) is 5.75 Å². The number of carbonyl (C=O) groups excluding carboxylic acids is 1. The van der Waals surface area contributed by atoms with E-state index in [9.17, 15) is 4.79 Å². The molecule has 0 aromatic heterocycles. The Hall–Kier alpha value is -1.71. The second kappa shape index (κ2) is 5.90. The predicted molar refractivity (Wildman–Crippen MR) is 59.0 cm³/mol. The first-order valence-corrected chi connectivity index (χ1v) is 4.98. The van der Waals surface area contributed by atoms with E-state index in [1.165, 1.54) is 0 Å². The first-order valence-electron chi connectivity index (χ1n) is 4.98. The SMILES string of the molecule is CCCCOc1ccccc1NC([NH])=O. The number of urea groups is 1. The zero-order chi connectivity index (χ0) is 11.1. The van der Waals surface area contributed by atoms with Crippen molar-refractivity contribution in [3.05, 3.63) is 24.3 Å². The monoisotopic (exact) mass is 207 g/mol. The van der Waals surface area contributed by atoms with Gasteiger partial charge in [-0.25, -0.2) is 10.5 Å². The fourth-order valence-corrected chi connectivity index (χ4v) is 1.14. The van der Waals surface area contributed by atoms with Crippen molar-refractivity contribution >= 4 is 11.7 Å². The van der Waals surface area contributed by atoms with E-state index in [-0.39, 0.29) is 0 Å². The molecule has 1 aromatic carbocycles. The normalized spacial score (nSPS) is 9.67. The fraction of sp³-hybridized carbons (Fsp3) is 0.364. The average molecular weight is 207 g/mol. The van der Waals surface area contributed by atoms with Gasteiger partial charge in [-0.05, 0) is 18.6 Å². The number of ether oxygens (including phenoxy) is 1. The molecule has 2 N–H and O–H groups in total. The minimum Gasteiger partial charge on any atom is -0.491 e. The van der Waals surface area contributed by atoms with Crippen molar-refractivity contribution in [1.29, 1.82) is 0 Å². The average Bonchev–Trinajstić information content (AvgIpc) is 2.20. The number of rotatable bonds is 5. The number of hydrogen-bond acceptors (Lipinski definition) is 2. The van der Waals surface area contributed by atoms with Gasteiger partial charge in [0.2, 0.25) is 0 Å². The van der Waals surface area contributed by atoms with Crippen LogP contribution in [0, 0.1) is 0 Å². The quantitative estimate of drug-likeness (QED) is 0.754. The summed E-state index contributed by atoms with van der Waals surface area (Å²) in [6.07, 6.45) is 2.04. The minimum absolute atomic E-state index is 0.550. The summed E-state index contributed by atoms with van der Waals surface area (Å²) in [5.74, 6) is 0.617. The Morgan fingerprint density at radius 2 is 2.20 bits per heavy atom. The summed E-state index contributed by atoms with van der Waals surface area (Å²) in [4.78, 5) is 10.6. The van der Waals surface area contributed by atoms with Crippen LogP contribution in [-0.2, 0) is 0 Å². The summed E-state index contributed by atoms with van der Waals surface area (Å²) in [6.45, 7) is 2.71. The maximum atomic E-state index is 10.6. The summed E-state index contributed by atoms with van der Waals surface area (Å²) in [5.41, 5.74) is 7.37. The van der Waals surface area contributed by atoms with Crippen LogP contribution in [0.2, 0.25) is 0 Å². The van der Waals surface area contributed by atoms with Crippen LogP contribution in [0.4, 0.5) is 10.5 Å². The number of amides is 2. The lowest BCUT2D eigenvalue weighted by Crippen LogP contribution is -2.11. The van der Waals surface area contributed by atoms with Gasteiger partial charge in [-0.15, -0.1) is 0 Å². The number of benzene rings is 1. The van der Waals surface area contributed by atoms with Gasteiger partial charge >= 0.3 is 6.03 Å². The van der Waals surface area contributed by atoms with E-state index < -0.39 is 6.03 Å².